The highest BCUT2D eigenvalue weighted by Gasteiger charge is 2.27. The predicted octanol–water partition coefficient (Wildman–Crippen LogP) is 2.57. The number of urea groups is 1. The van der Waals surface area contributed by atoms with E-state index in [1.54, 1.807) is 19.9 Å². The fourth-order valence-corrected chi connectivity index (χ4v) is 4.84. The Balaban J connectivity index is 1.49. The molecule has 27 heavy (non-hydrogen) atoms. The number of benzene rings is 1. The second kappa shape index (κ2) is 6.95. The fraction of sp³-hybridized carbons (Fsp3) is 0.450. The van der Waals surface area contributed by atoms with Gasteiger partial charge in [0.1, 0.15) is 7.85 Å². The molecule has 0 unspecified atom stereocenters. The Kier molecular flexibility index (Phi) is 4.76. The Bertz CT molecular complexity index is 866. The first-order valence-corrected chi connectivity index (χ1v) is 10.4. The maximum atomic E-state index is 12.5. The van der Waals surface area contributed by atoms with Gasteiger partial charge in [-0.2, -0.15) is 0 Å². The summed E-state index contributed by atoms with van der Waals surface area (Å²) in [6, 6.07) is 1.50. The van der Waals surface area contributed by atoms with E-state index < -0.39 is 5.60 Å². The number of hydrogen-bond acceptors (Lipinski definition) is 4. The van der Waals surface area contributed by atoms with Gasteiger partial charge in [0.2, 0.25) is 0 Å². The molecule has 142 valence electrons. The van der Waals surface area contributed by atoms with Gasteiger partial charge in [0, 0.05) is 23.2 Å². The van der Waals surface area contributed by atoms with Gasteiger partial charge in [0.15, 0.2) is 5.09 Å². The van der Waals surface area contributed by atoms with E-state index in [2.05, 4.69) is 17.9 Å². The number of rotatable bonds is 4. The van der Waals surface area contributed by atoms with Crippen molar-refractivity contribution in [2.75, 3.05) is 5.32 Å². The third kappa shape index (κ3) is 3.50. The molecule has 2 aliphatic carbocycles. The van der Waals surface area contributed by atoms with Gasteiger partial charge in [0.05, 0.1) is 11.9 Å². The van der Waals surface area contributed by atoms with E-state index in [1.807, 2.05) is 0 Å². The molecule has 1 heterocycles. The van der Waals surface area contributed by atoms with Crippen molar-refractivity contribution in [3.8, 4) is 0 Å². The summed E-state index contributed by atoms with van der Waals surface area (Å²) in [5.74, 6) is 0. The second-order valence-electron chi connectivity index (χ2n) is 7.99. The molecule has 1 aromatic heterocycles. The van der Waals surface area contributed by atoms with E-state index in [9.17, 15) is 9.90 Å². The van der Waals surface area contributed by atoms with E-state index >= 15 is 0 Å². The van der Waals surface area contributed by atoms with Gasteiger partial charge in [-0.1, -0.05) is 5.46 Å². The molecule has 2 aliphatic rings. The van der Waals surface area contributed by atoms with Crippen LogP contribution in [0.1, 0.15) is 54.5 Å². The number of furan rings is 1. The number of aliphatic hydroxyl groups is 1. The van der Waals surface area contributed by atoms with E-state index in [0.717, 1.165) is 56.2 Å². The Hall–Kier alpha value is -1.86. The quantitative estimate of drug-likeness (QED) is 0.560. The molecule has 0 aliphatic heterocycles. The average Bonchev–Trinajstić information content (AvgIpc) is 3.36. The van der Waals surface area contributed by atoms with Crippen LogP contribution in [0.5, 0.6) is 0 Å². The van der Waals surface area contributed by atoms with Gasteiger partial charge in [-0.3, -0.25) is 4.72 Å². The third-order valence-electron chi connectivity index (χ3n) is 5.71. The monoisotopic (exact) mass is 384 g/mol. The summed E-state index contributed by atoms with van der Waals surface area (Å²) < 4.78 is 8.22. The Labute approximate surface area is 164 Å². The zero-order chi connectivity index (χ0) is 19.2. The molecule has 7 heteroatoms. The predicted molar refractivity (Wildman–Crippen MR) is 111 cm³/mol. The highest BCUT2D eigenvalue weighted by Crippen LogP contribution is 2.37. The van der Waals surface area contributed by atoms with Crippen molar-refractivity contribution in [1.29, 1.82) is 0 Å². The summed E-state index contributed by atoms with van der Waals surface area (Å²) in [5.41, 5.74) is 7.75. The number of amides is 2. The van der Waals surface area contributed by atoms with Crippen LogP contribution in [0.2, 0.25) is 0 Å². The first kappa shape index (κ1) is 18.5. The summed E-state index contributed by atoms with van der Waals surface area (Å²) in [6.45, 7) is 3.40. The lowest BCUT2D eigenvalue weighted by Gasteiger charge is -2.19. The molecule has 0 spiro atoms. The molecule has 1 aromatic carbocycles. The Morgan fingerprint density at radius 2 is 1.74 bits per heavy atom. The molecule has 5 nitrogen and oxygen atoms in total. The smallest absolute Gasteiger partial charge is 0.329 e. The summed E-state index contributed by atoms with van der Waals surface area (Å²) >= 11 is 1.11. The lowest BCUT2D eigenvalue weighted by molar-refractivity contribution is 0.0779. The Morgan fingerprint density at radius 3 is 2.30 bits per heavy atom. The van der Waals surface area contributed by atoms with Crippen LogP contribution in [-0.2, 0) is 31.3 Å². The zero-order valence-corrected chi connectivity index (χ0v) is 16.9. The minimum Gasteiger partial charge on any atom is -0.456 e. The molecule has 2 aromatic rings. The van der Waals surface area contributed by atoms with Crippen LogP contribution in [0.4, 0.5) is 10.5 Å². The SMILES string of the molecule is Bc1c2c(c(NC(=O)NSc3cc(C(C)(C)O)co3)c3c1CCC3)CCC2. The molecular formula is C20H25BN2O3S. The van der Waals surface area contributed by atoms with Gasteiger partial charge in [-0.25, -0.2) is 4.79 Å². The molecule has 0 saturated heterocycles. The van der Waals surface area contributed by atoms with E-state index in [4.69, 9.17) is 4.42 Å². The lowest BCUT2D eigenvalue weighted by Crippen LogP contribution is -2.26. The largest absolute Gasteiger partial charge is 0.456 e. The second-order valence-corrected chi connectivity index (χ2v) is 8.80. The maximum absolute atomic E-state index is 12.5. The van der Waals surface area contributed by atoms with Gasteiger partial charge in [0.25, 0.3) is 0 Å². The van der Waals surface area contributed by atoms with E-state index in [0.29, 0.717) is 10.7 Å². The lowest BCUT2D eigenvalue weighted by atomic mass is 9.81. The molecule has 4 rings (SSSR count). The first-order valence-electron chi connectivity index (χ1n) is 9.56. The zero-order valence-electron chi connectivity index (χ0n) is 16.1. The van der Waals surface area contributed by atoms with Crippen LogP contribution in [0.3, 0.4) is 0 Å². The topological polar surface area (TPSA) is 74.5 Å². The van der Waals surface area contributed by atoms with Crippen molar-refractivity contribution in [2.45, 2.75) is 63.1 Å². The summed E-state index contributed by atoms with van der Waals surface area (Å²) in [4.78, 5) is 12.5. The van der Waals surface area contributed by atoms with Crippen molar-refractivity contribution in [3.05, 3.63) is 40.1 Å². The van der Waals surface area contributed by atoms with Gasteiger partial charge in [-0.05, 0) is 80.7 Å². The van der Waals surface area contributed by atoms with Gasteiger partial charge < -0.3 is 14.8 Å². The molecular weight excluding hydrogens is 359 g/mol. The molecule has 0 fully saturated rings. The van der Waals surface area contributed by atoms with E-state index in [-0.39, 0.29) is 6.03 Å². The van der Waals surface area contributed by atoms with Crippen molar-refractivity contribution < 1.29 is 14.3 Å². The van der Waals surface area contributed by atoms with Crippen molar-refractivity contribution in [3.63, 3.8) is 0 Å². The van der Waals surface area contributed by atoms with Crippen LogP contribution in [-0.4, -0.2) is 19.0 Å². The fourth-order valence-electron chi connectivity index (χ4n) is 4.31. The molecule has 2 amide bonds. The summed E-state index contributed by atoms with van der Waals surface area (Å²) in [6.07, 6.45) is 8.16. The number of fused-ring (bicyclic) bond motifs is 2. The first-order chi connectivity index (χ1) is 12.8. The summed E-state index contributed by atoms with van der Waals surface area (Å²) in [5, 5.41) is 13.7. The third-order valence-corrected chi connectivity index (χ3v) is 6.41. The van der Waals surface area contributed by atoms with E-state index in [1.165, 1.54) is 34.0 Å². The highest BCUT2D eigenvalue weighted by atomic mass is 32.2. The average molecular weight is 384 g/mol. The molecule has 0 radical (unpaired) electrons. The van der Waals surface area contributed by atoms with Crippen LogP contribution in [0, 0.1) is 0 Å². The number of nitrogens with one attached hydrogen (secondary N) is 2. The van der Waals surface area contributed by atoms with Gasteiger partial charge in [-0.15, -0.1) is 0 Å². The van der Waals surface area contributed by atoms with Crippen LogP contribution >= 0.6 is 11.9 Å². The number of carbonyl (C=O) groups excluding carboxylic acids is 1. The van der Waals surface area contributed by atoms with Crippen molar-refractivity contribution >= 4 is 37.0 Å². The molecule has 0 saturated carbocycles. The number of carbonyl (C=O) groups is 1. The van der Waals surface area contributed by atoms with Gasteiger partial charge >= 0.3 is 6.03 Å². The van der Waals surface area contributed by atoms with Crippen LogP contribution in [0.25, 0.3) is 0 Å². The normalized spacial score (nSPS) is 15.5. The summed E-state index contributed by atoms with van der Waals surface area (Å²) in [7, 11) is 2.24. The number of hydrogen-bond donors (Lipinski definition) is 3. The highest BCUT2D eigenvalue weighted by molar-refractivity contribution is 7.97. The minimum absolute atomic E-state index is 0.242. The van der Waals surface area contributed by atoms with Crippen LogP contribution < -0.4 is 15.5 Å². The molecule has 0 atom stereocenters. The minimum atomic E-state index is -0.965. The molecule has 3 N–H and O–H groups in total. The molecule has 0 bridgehead atoms. The Morgan fingerprint density at radius 1 is 1.15 bits per heavy atom. The standard InChI is InChI=1S/C20H25BN2O3S/c1-20(2,25)11-9-16(26-10-11)27-23-19(24)22-18-14-7-3-5-12(14)17(21)13-6-4-8-15(13)18/h9-10,25H,3-8,21H2,1-2H3,(H2,22,23,24). The van der Waals surface area contributed by atoms with Crippen molar-refractivity contribution in [1.82, 2.24) is 4.72 Å². The van der Waals surface area contributed by atoms with Crippen LogP contribution in [0.15, 0.2) is 21.8 Å². The maximum Gasteiger partial charge on any atom is 0.329 e. The van der Waals surface area contributed by atoms with Crippen molar-refractivity contribution in [2.24, 2.45) is 0 Å². The number of anilines is 1.